The topological polar surface area (TPSA) is 63.2 Å². The van der Waals surface area contributed by atoms with E-state index in [9.17, 15) is 4.57 Å². The molecule has 0 heterocycles. The van der Waals surface area contributed by atoms with E-state index in [1.54, 1.807) is 13.8 Å². The van der Waals surface area contributed by atoms with Crippen molar-refractivity contribution in [2.24, 2.45) is 0 Å². The van der Waals surface area contributed by atoms with Crippen LogP contribution in [0, 0.1) is 0 Å². The van der Waals surface area contributed by atoms with Crippen LogP contribution in [0.4, 0.5) is 0 Å². The number of hydrogen-bond donors (Lipinski definition) is 0. The Balaban J connectivity index is 4.15. The van der Waals surface area contributed by atoms with E-state index >= 15 is 0 Å². The van der Waals surface area contributed by atoms with Crippen molar-refractivity contribution in [2.45, 2.75) is 46.6 Å². The first-order valence-electron chi connectivity index (χ1n) is 5.52. The van der Waals surface area contributed by atoms with Gasteiger partial charge in [-0.1, -0.05) is 13.8 Å². The smallest absolute Gasteiger partial charge is 0.284 e. The van der Waals surface area contributed by atoms with E-state index in [1.165, 1.54) is 0 Å². The molecule has 0 aromatic carbocycles. The Labute approximate surface area is 96.6 Å². The fraction of sp³-hybridized carbons (Fsp3) is 1.00. The van der Waals surface area contributed by atoms with Crippen LogP contribution in [0.3, 0.4) is 0 Å². The molecule has 1 unspecified atom stereocenters. The van der Waals surface area contributed by atoms with E-state index in [1.807, 2.05) is 13.8 Å². The van der Waals surface area contributed by atoms with E-state index in [0.717, 1.165) is 12.8 Å². The molecule has 98 valence electrons. The standard InChI is InChI=1S/C9H21O6P/c1-5-9(6-2)13-15-16(10,12-8-4)14-11-7-3/h9H,5-8H2,1-4H3. The fourth-order valence-corrected chi connectivity index (χ4v) is 1.76. The summed E-state index contributed by atoms with van der Waals surface area (Å²) < 4.78 is 25.9. The van der Waals surface area contributed by atoms with Crippen LogP contribution in [-0.4, -0.2) is 19.3 Å². The van der Waals surface area contributed by atoms with E-state index in [0.29, 0.717) is 0 Å². The molecular weight excluding hydrogens is 235 g/mol. The normalized spacial score (nSPS) is 15.3. The lowest BCUT2D eigenvalue weighted by atomic mass is 10.2. The molecular formula is C9H21O6P. The van der Waals surface area contributed by atoms with Crippen LogP contribution in [0.1, 0.15) is 40.5 Å². The Hall–Kier alpha value is 0.0300. The summed E-state index contributed by atoms with van der Waals surface area (Å²) in [5.41, 5.74) is 0. The summed E-state index contributed by atoms with van der Waals surface area (Å²) in [6, 6.07) is 0. The molecule has 0 spiro atoms. The van der Waals surface area contributed by atoms with E-state index in [2.05, 4.69) is 9.56 Å². The maximum absolute atomic E-state index is 11.8. The van der Waals surface area contributed by atoms with Gasteiger partial charge in [0.1, 0.15) is 0 Å². The lowest BCUT2D eigenvalue weighted by Crippen LogP contribution is -2.11. The second kappa shape index (κ2) is 9.10. The second-order valence-electron chi connectivity index (χ2n) is 2.96. The van der Waals surface area contributed by atoms with Gasteiger partial charge in [-0.15, -0.1) is 9.35 Å². The molecule has 0 amide bonds. The Bertz CT molecular complexity index is 206. The summed E-state index contributed by atoms with van der Waals surface area (Å²) in [5.74, 6) is 0. The van der Waals surface area contributed by atoms with Crippen LogP contribution >= 0.6 is 7.82 Å². The predicted octanol–water partition coefficient (Wildman–Crippen LogP) is 3.24. The predicted molar refractivity (Wildman–Crippen MR) is 58.5 cm³/mol. The molecule has 0 aromatic heterocycles. The Morgan fingerprint density at radius 2 is 1.62 bits per heavy atom. The van der Waals surface area contributed by atoms with E-state index < -0.39 is 7.82 Å². The van der Waals surface area contributed by atoms with Gasteiger partial charge in [0.15, 0.2) is 0 Å². The summed E-state index contributed by atoms with van der Waals surface area (Å²) in [5, 5.41) is 0. The molecule has 0 saturated carbocycles. The highest BCUT2D eigenvalue weighted by molar-refractivity contribution is 7.48. The summed E-state index contributed by atoms with van der Waals surface area (Å²) in [6.45, 7) is 7.65. The summed E-state index contributed by atoms with van der Waals surface area (Å²) in [7, 11) is -3.76. The second-order valence-corrected chi connectivity index (χ2v) is 4.41. The zero-order valence-corrected chi connectivity index (χ0v) is 11.2. The molecule has 0 aromatic rings. The van der Waals surface area contributed by atoms with Crippen molar-refractivity contribution in [3.8, 4) is 0 Å². The molecule has 16 heavy (non-hydrogen) atoms. The average molecular weight is 256 g/mol. The van der Waals surface area contributed by atoms with Crippen molar-refractivity contribution in [2.75, 3.05) is 13.2 Å². The van der Waals surface area contributed by atoms with Crippen molar-refractivity contribution < 1.29 is 28.2 Å². The van der Waals surface area contributed by atoms with Gasteiger partial charge in [0.2, 0.25) is 0 Å². The SMILES string of the molecule is CCOOP(=O)(OCC)OOC(CC)CC. The minimum absolute atomic E-state index is 0.140. The molecule has 0 aliphatic heterocycles. The third kappa shape index (κ3) is 6.58. The van der Waals surface area contributed by atoms with Crippen LogP contribution in [0.15, 0.2) is 0 Å². The van der Waals surface area contributed by atoms with Gasteiger partial charge in [-0.25, -0.2) is 14.3 Å². The Morgan fingerprint density at radius 3 is 2.06 bits per heavy atom. The third-order valence-electron chi connectivity index (χ3n) is 1.73. The van der Waals surface area contributed by atoms with Gasteiger partial charge in [0, 0.05) is 0 Å². The van der Waals surface area contributed by atoms with Crippen LogP contribution in [0.25, 0.3) is 0 Å². The molecule has 1 atom stereocenters. The first kappa shape index (κ1) is 16.0. The highest BCUT2D eigenvalue weighted by Gasteiger charge is 2.30. The minimum atomic E-state index is -3.76. The van der Waals surface area contributed by atoms with Gasteiger partial charge < -0.3 is 0 Å². The summed E-state index contributed by atoms with van der Waals surface area (Å²) in [6.07, 6.45) is 1.35. The molecule has 0 aliphatic rings. The van der Waals surface area contributed by atoms with Crippen molar-refractivity contribution in [1.29, 1.82) is 0 Å². The van der Waals surface area contributed by atoms with Gasteiger partial charge in [-0.2, -0.15) is 0 Å². The van der Waals surface area contributed by atoms with Gasteiger partial charge in [0.05, 0.1) is 19.3 Å². The van der Waals surface area contributed by atoms with Gasteiger partial charge >= 0.3 is 7.82 Å². The quantitative estimate of drug-likeness (QED) is 0.339. The largest absolute Gasteiger partial charge is 0.529 e. The average Bonchev–Trinajstić information content (AvgIpc) is 2.28. The minimum Gasteiger partial charge on any atom is -0.284 e. The van der Waals surface area contributed by atoms with Crippen molar-refractivity contribution in [3.63, 3.8) is 0 Å². The number of hydrogen-bond acceptors (Lipinski definition) is 6. The van der Waals surface area contributed by atoms with Crippen molar-refractivity contribution in [3.05, 3.63) is 0 Å². The molecule has 0 radical (unpaired) electrons. The third-order valence-corrected chi connectivity index (χ3v) is 2.86. The first-order chi connectivity index (χ1) is 7.61. The number of phosphoric acid groups is 1. The molecule has 0 rings (SSSR count). The fourth-order valence-electron chi connectivity index (χ4n) is 0.869. The molecule has 6 nitrogen and oxygen atoms in total. The highest BCUT2D eigenvalue weighted by atomic mass is 31.2. The van der Waals surface area contributed by atoms with Crippen LogP contribution in [0.5, 0.6) is 0 Å². The Morgan fingerprint density at radius 1 is 1.00 bits per heavy atom. The molecule has 0 N–H and O–H groups in total. The van der Waals surface area contributed by atoms with E-state index in [-0.39, 0.29) is 19.3 Å². The molecule has 0 fully saturated rings. The lowest BCUT2D eigenvalue weighted by molar-refractivity contribution is -0.299. The summed E-state index contributed by atoms with van der Waals surface area (Å²) in [4.78, 5) is 9.52. The van der Waals surface area contributed by atoms with Gasteiger partial charge in [-0.3, -0.25) is 4.52 Å². The van der Waals surface area contributed by atoms with Crippen LogP contribution < -0.4 is 0 Å². The van der Waals surface area contributed by atoms with Crippen molar-refractivity contribution in [1.82, 2.24) is 0 Å². The van der Waals surface area contributed by atoms with Gasteiger partial charge in [0.25, 0.3) is 0 Å². The maximum atomic E-state index is 11.8. The van der Waals surface area contributed by atoms with E-state index in [4.69, 9.17) is 14.1 Å². The van der Waals surface area contributed by atoms with Crippen LogP contribution in [0.2, 0.25) is 0 Å². The summed E-state index contributed by atoms with van der Waals surface area (Å²) >= 11 is 0. The van der Waals surface area contributed by atoms with Gasteiger partial charge in [-0.05, 0) is 26.7 Å². The molecule has 0 saturated heterocycles. The lowest BCUT2D eigenvalue weighted by Gasteiger charge is -2.17. The van der Waals surface area contributed by atoms with Crippen LogP contribution in [-0.2, 0) is 28.2 Å². The maximum Gasteiger partial charge on any atom is 0.529 e. The van der Waals surface area contributed by atoms with Crippen molar-refractivity contribution >= 4 is 7.82 Å². The zero-order chi connectivity index (χ0) is 12.4. The first-order valence-corrected chi connectivity index (χ1v) is 6.98. The highest BCUT2D eigenvalue weighted by Crippen LogP contribution is 2.50. The monoisotopic (exact) mass is 256 g/mol. The molecule has 0 aliphatic carbocycles. The molecule has 7 heteroatoms. The Kier molecular flexibility index (Phi) is 9.12. The number of rotatable bonds is 10. The zero-order valence-electron chi connectivity index (χ0n) is 10.3. The molecule has 0 bridgehead atoms.